The summed E-state index contributed by atoms with van der Waals surface area (Å²) in [4.78, 5) is 17.4. The molecule has 2 N–H and O–H groups in total. The Balaban J connectivity index is 1.36. The molecule has 0 saturated carbocycles. The average molecular weight is 541 g/mol. The molecule has 6 nitrogen and oxygen atoms in total. The molecule has 0 radical (unpaired) electrons. The highest BCUT2D eigenvalue weighted by Crippen LogP contribution is 2.32. The first kappa shape index (κ1) is 26.1. The zero-order valence-corrected chi connectivity index (χ0v) is 22.9. The largest absolute Gasteiger partial charge is 0.337 e. The Labute approximate surface area is 237 Å². The molecule has 202 valence electrons. The van der Waals surface area contributed by atoms with Crippen molar-refractivity contribution in [1.29, 1.82) is 0 Å². The SMILES string of the molecule is C=C/C(=C\C(=C/C)c1cnc2n[nH]c(-c3nc4c(-c5cc(C)cc(F)c5)nccc4[nH]3)c2c1)CCc1ccccc1. The monoisotopic (exact) mass is 540 g/mol. The number of rotatable bonds is 8. The number of imidazole rings is 1. The van der Waals surface area contributed by atoms with Gasteiger partial charge in [-0.05, 0) is 79.3 Å². The van der Waals surface area contributed by atoms with Crippen molar-refractivity contribution < 1.29 is 4.39 Å². The maximum absolute atomic E-state index is 14.2. The standard InChI is InChI=1S/C34H29FN6/c1-4-22(11-12-23-9-7-6-8-10-23)17-24(5-2)26-19-28-31(40-41-33(28)37-20-26)34-38-29-13-14-36-30(32(29)39-34)25-15-21(3)16-27(35)18-25/h4-10,13-20H,1,11-12H2,2-3H3,(H,38,39)(H,37,40,41)/b22-17+,24-5+. The van der Waals surface area contributed by atoms with Crippen molar-refractivity contribution in [1.82, 2.24) is 30.1 Å². The molecule has 7 heteroatoms. The number of allylic oxidation sites excluding steroid dienone is 5. The Bertz CT molecular complexity index is 1920. The second-order valence-corrected chi connectivity index (χ2v) is 10.0. The molecular weight excluding hydrogens is 511 g/mol. The molecule has 0 aliphatic heterocycles. The van der Waals surface area contributed by atoms with Crippen LogP contribution < -0.4 is 0 Å². The highest BCUT2D eigenvalue weighted by atomic mass is 19.1. The molecule has 0 fully saturated rings. The van der Waals surface area contributed by atoms with E-state index in [4.69, 9.17) is 4.98 Å². The highest BCUT2D eigenvalue weighted by molar-refractivity contribution is 5.96. The number of pyridine rings is 2. The number of nitrogens with one attached hydrogen (secondary N) is 2. The summed E-state index contributed by atoms with van der Waals surface area (Å²) in [5.74, 6) is 0.303. The Kier molecular flexibility index (Phi) is 7.08. The first-order valence-corrected chi connectivity index (χ1v) is 13.5. The highest BCUT2D eigenvalue weighted by Gasteiger charge is 2.17. The molecule has 4 heterocycles. The number of aromatic nitrogens is 6. The lowest BCUT2D eigenvalue weighted by molar-refractivity contribution is 0.627. The van der Waals surface area contributed by atoms with Gasteiger partial charge >= 0.3 is 0 Å². The molecule has 6 aromatic rings. The number of halogens is 1. The molecule has 41 heavy (non-hydrogen) atoms. The summed E-state index contributed by atoms with van der Waals surface area (Å²) in [5, 5.41) is 8.37. The van der Waals surface area contributed by atoms with Crippen molar-refractivity contribution in [3.8, 4) is 22.8 Å². The molecule has 0 bridgehead atoms. The fourth-order valence-electron chi connectivity index (χ4n) is 5.08. The van der Waals surface area contributed by atoms with Crippen LogP contribution in [0, 0.1) is 12.7 Å². The van der Waals surface area contributed by atoms with Gasteiger partial charge in [-0.1, -0.05) is 55.1 Å². The normalized spacial score (nSPS) is 12.4. The fourth-order valence-corrected chi connectivity index (χ4v) is 5.08. The van der Waals surface area contributed by atoms with Gasteiger partial charge in [0.1, 0.15) is 17.0 Å². The van der Waals surface area contributed by atoms with Gasteiger partial charge in [0, 0.05) is 23.5 Å². The molecule has 0 unspecified atom stereocenters. The molecule has 0 amide bonds. The predicted molar refractivity (Wildman–Crippen MR) is 164 cm³/mol. The van der Waals surface area contributed by atoms with Gasteiger partial charge in [-0.15, -0.1) is 0 Å². The summed E-state index contributed by atoms with van der Waals surface area (Å²) in [7, 11) is 0. The van der Waals surface area contributed by atoms with E-state index in [1.165, 1.54) is 17.7 Å². The van der Waals surface area contributed by atoms with E-state index in [0.717, 1.165) is 51.7 Å². The van der Waals surface area contributed by atoms with Gasteiger partial charge in [-0.25, -0.2) is 14.4 Å². The third-order valence-corrected chi connectivity index (χ3v) is 7.16. The predicted octanol–water partition coefficient (Wildman–Crippen LogP) is 8.16. The van der Waals surface area contributed by atoms with Crippen molar-refractivity contribution in [3.05, 3.63) is 126 Å². The van der Waals surface area contributed by atoms with Crippen LogP contribution in [0.5, 0.6) is 0 Å². The summed E-state index contributed by atoms with van der Waals surface area (Å²) in [6.07, 6.45) is 11.5. The second-order valence-electron chi connectivity index (χ2n) is 10.0. The molecule has 0 atom stereocenters. The van der Waals surface area contributed by atoms with Gasteiger partial charge in [0.2, 0.25) is 0 Å². The van der Waals surface area contributed by atoms with E-state index in [9.17, 15) is 4.39 Å². The quantitative estimate of drug-likeness (QED) is 0.191. The van der Waals surface area contributed by atoms with Crippen LogP contribution in [-0.4, -0.2) is 30.1 Å². The van der Waals surface area contributed by atoms with Gasteiger partial charge in [0.05, 0.1) is 16.6 Å². The van der Waals surface area contributed by atoms with Gasteiger partial charge in [0.15, 0.2) is 11.5 Å². The van der Waals surface area contributed by atoms with Crippen LogP contribution in [0.1, 0.15) is 30.0 Å². The molecule has 6 rings (SSSR count). The summed E-state index contributed by atoms with van der Waals surface area (Å²) in [6.45, 7) is 7.93. The lowest BCUT2D eigenvalue weighted by atomic mass is 9.99. The smallest absolute Gasteiger partial charge is 0.181 e. The van der Waals surface area contributed by atoms with Crippen LogP contribution in [0.3, 0.4) is 0 Å². The van der Waals surface area contributed by atoms with Gasteiger partial charge in [-0.3, -0.25) is 10.1 Å². The van der Waals surface area contributed by atoms with Crippen LogP contribution in [0.4, 0.5) is 4.39 Å². The first-order chi connectivity index (χ1) is 20.0. The van der Waals surface area contributed by atoms with E-state index < -0.39 is 0 Å². The third kappa shape index (κ3) is 5.34. The van der Waals surface area contributed by atoms with E-state index in [1.807, 2.05) is 44.3 Å². The number of nitrogens with zero attached hydrogens (tertiary/aromatic N) is 4. The maximum Gasteiger partial charge on any atom is 0.181 e. The van der Waals surface area contributed by atoms with Crippen molar-refractivity contribution in [2.75, 3.05) is 0 Å². The number of aryl methyl sites for hydroxylation is 2. The zero-order valence-electron chi connectivity index (χ0n) is 22.9. The number of fused-ring (bicyclic) bond motifs is 2. The molecule has 2 aromatic carbocycles. The summed E-state index contributed by atoms with van der Waals surface area (Å²) >= 11 is 0. The Morgan fingerprint density at radius 3 is 2.68 bits per heavy atom. The van der Waals surface area contributed by atoms with Gasteiger partial charge < -0.3 is 4.98 Å². The summed E-state index contributed by atoms with van der Waals surface area (Å²) in [6, 6.07) is 19.3. The maximum atomic E-state index is 14.2. The topological polar surface area (TPSA) is 83.1 Å². The van der Waals surface area contributed by atoms with Crippen molar-refractivity contribution in [2.45, 2.75) is 26.7 Å². The van der Waals surface area contributed by atoms with Crippen LogP contribution in [0.15, 0.2) is 103 Å². The van der Waals surface area contributed by atoms with Gasteiger partial charge in [0.25, 0.3) is 0 Å². The van der Waals surface area contributed by atoms with Crippen LogP contribution in [0.25, 0.3) is 50.4 Å². The second kappa shape index (κ2) is 11.1. The lowest BCUT2D eigenvalue weighted by Crippen LogP contribution is -1.90. The Morgan fingerprint density at radius 1 is 1.05 bits per heavy atom. The number of H-pyrrole nitrogens is 2. The average Bonchev–Trinajstić information content (AvgIpc) is 3.61. The van der Waals surface area contributed by atoms with Crippen molar-refractivity contribution in [2.24, 2.45) is 0 Å². The van der Waals surface area contributed by atoms with Crippen LogP contribution in [-0.2, 0) is 6.42 Å². The number of hydrogen-bond acceptors (Lipinski definition) is 4. The van der Waals surface area contributed by atoms with Crippen LogP contribution >= 0.6 is 0 Å². The van der Waals surface area contributed by atoms with E-state index in [-0.39, 0.29) is 5.82 Å². The molecule has 4 aromatic heterocycles. The van der Waals surface area contributed by atoms with E-state index >= 15 is 0 Å². The molecule has 0 aliphatic rings. The fraction of sp³-hybridized carbons (Fsp3) is 0.118. The number of aromatic amines is 2. The van der Waals surface area contributed by atoms with Crippen molar-refractivity contribution in [3.63, 3.8) is 0 Å². The van der Waals surface area contributed by atoms with Gasteiger partial charge in [-0.2, -0.15) is 5.10 Å². The number of benzene rings is 2. The van der Waals surface area contributed by atoms with E-state index in [2.05, 4.69) is 74.2 Å². The lowest BCUT2D eigenvalue weighted by Gasteiger charge is -2.07. The molecule has 0 aliphatic carbocycles. The Hall–Kier alpha value is -5.17. The minimum Gasteiger partial charge on any atom is -0.337 e. The zero-order chi connectivity index (χ0) is 28.3. The van der Waals surface area contributed by atoms with E-state index in [0.29, 0.717) is 28.2 Å². The molecule has 0 spiro atoms. The molecular formula is C34H29FN6. The third-order valence-electron chi connectivity index (χ3n) is 7.16. The van der Waals surface area contributed by atoms with Crippen LogP contribution in [0.2, 0.25) is 0 Å². The first-order valence-electron chi connectivity index (χ1n) is 13.5. The van der Waals surface area contributed by atoms with E-state index in [1.54, 1.807) is 6.20 Å². The Morgan fingerprint density at radius 2 is 1.90 bits per heavy atom. The minimum absolute atomic E-state index is 0.304. The molecule has 0 saturated heterocycles. The number of hydrogen-bond donors (Lipinski definition) is 2. The minimum atomic E-state index is -0.304. The summed E-state index contributed by atoms with van der Waals surface area (Å²) < 4.78 is 14.2. The summed E-state index contributed by atoms with van der Waals surface area (Å²) in [5.41, 5.74) is 9.35. The van der Waals surface area contributed by atoms with Crippen molar-refractivity contribution >= 4 is 27.6 Å².